The maximum Gasteiger partial charge on any atom is 0.162 e. The molecule has 3 rings (SSSR count). The summed E-state index contributed by atoms with van der Waals surface area (Å²) in [6, 6.07) is 11.3. The molecule has 0 atom stereocenters. The van der Waals surface area contributed by atoms with Crippen LogP contribution in [0, 0.1) is 0 Å². The Morgan fingerprint density at radius 3 is 2.70 bits per heavy atom. The van der Waals surface area contributed by atoms with Gasteiger partial charge in [0, 0.05) is 29.2 Å². The number of anilines is 1. The molecule has 0 aliphatic rings. The molecule has 0 unspecified atom stereocenters. The van der Waals surface area contributed by atoms with Gasteiger partial charge in [-0.3, -0.25) is 0 Å². The van der Waals surface area contributed by atoms with Crippen LogP contribution in [0.25, 0.3) is 22.2 Å². The van der Waals surface area contributed by atoms with Crippen LogP contribution in [0.1, 0.15) is 0 Å². The summed E-state index contributed by atoms with van der Waals surface area (Å²) < 4.78 is 11.0. The molecular formula is C17H18N4O2. The van der Waals surface area contributed by atoms with Crippen molar-refractivity contribution in [1.29, 1.82) is 0 Å². The Balaban J connectivity index is 2.19. The van der Waals surface area contributed by atoms with Gasteiger partial charge in [-0.2, -0.15) is 0 Å². The fraction of sp³-hybridized carbons (Fsp3) is 0.176. The van der Waals surface area contributed by atoms with Crippen LogP contribution in [-0.4, -0.2) is 30.2 Å². The third-order valence-electron chi connectivity index (χ3n) is 3.46. The number of nitrogens with zero attached hydrogens (tertiary/aromatic N) is 2. The number of rotatable bonds is 5. The van der Waals surface area contributed by atoms with Gasteiger partial charge in [0.25, 0.3) is 0 Å². The average Bonchev–Trinajstić information content (AvgIpc) is 2.58. The molecule has 0 bridgehead atoms. The van der Waals surface area contributed by atoms with Crippen molar-refractivity contribution in [2.75, 3.05) is 26.0 Å². The third kappa shape index (κ3) is 3.02. The molecular weight excluding hydrogens is 292 g/mol. The summed E-state index contributed by atoms with van der Waals surface area (Å²) in [6.45, 7) is 0.831. The quantitative estimate of drug-likeness (QED) is 0.701. The molecule has 118 valence electrons. The van der Waals surface area contributed by atoms with Gasteiger partial charge >= 0.3 is 0 Å². The normalized spacial score (nSPS) is 10.7. The maximum absolute atomic E-state index is 5.88. The molecule has 0 saturated carbocycles. The fourth-order valence-corrected chi connectivity index (χ4v) is 2.42. The van der Waals surface area contributed by atoms with Gasteiger partial charge < -0.3 is 20.9 Å². The Morgan fingerprint density at radius 1 is 1.09 bits per heavy atom. The van der Waals surface area contributed by atoms with Crippen molar-refractivity contribution in [2.45, 2.75) is 0 Å². The molecule has 6 nitrogen and oxygen atoms in total. The lowest BCUT2D eigenvalue weighted by atomic mass is 10.1. The van der Waals surface area contributed by atoms with Gasteiger partial charge in [-0.05, 0) is 18.2 Å². The average molecular weight is 310 g/mol. The summed E-state index contributed by atoms with van der Waals surface area (Å²) in [4.78, 5) is 8.72. The summed E-state index contributed by atoms with van der Waals surface area (Å²) in [5.41, 5.74) is 14.6. The second-order valence-electron chi connectivity index (χ2n) is 5.01. The standard InChI is InChI=1S/C17H18N4O2/c1-22-15-9-14-13(8-16(15)23-6-5-18)17(21-10-20-14)11-3-2-4-12(19)7-11/h2-4,7-10H,5-6,18-19H2,1H3. The van der Waals surface area contributed by atoms with Gasteiger partial charge in [0.2, 0.25) is 0 Å². The summed E-state index contributed by atoms with van der Waals surface area (Å²) in [5, 5.41) is 0.867. The van der Waals surface area contributed by atoms with Crippen LogP contribution in [0.5, 0.6) is 11.5 Å². The van der Waals surface area contributed by atoms with E-state index >= 15 is 0 Å². The number of hydrogen-bond donors (Lipinski definition) is 2. The number of methoxy groups -OCH3 is 1. The minimum Gasteiger partial charge on any atom is -0.493 e. The molecule has 0 fully saturated rings. The molecule has 1 aromatic heterocycles. The molecule has 3 aromatic rings. The van der Waals surface area contributed by atoms with Gasteiger partial charge in [-0.1, -0.05) is 12.1 Å². The first kappa shape index (κ1) is 15.1. The van der Waals surface area contributed by atoms with Crippen molar-refractivity contribution < 1.29 is 9.47 Å². The number of nitrogens with two attached hydrogens (primary N) is 2. The van der Waals surface area contributed by atoms with Crippen LogP contribution in [-0.2, 0) is 0 Å². The maximum atomic E-state index is 5.88. The summed E-state index contributed by atoms with van der Waals surface area (Å²) >= 11 is 0. The van der Waals surface area contributed by atoms with Gasteiger partial charge in [0.15, 0.2) is 11.5 Å². The zero-order valence-corrected chi connectivity index (χ0v) is 12.8. The molecule has 1 heterocycles. The third-order valence-corrected chi connectivity index (χ3v) is 3.46. The Morgan fingerprint density at radius 2 is 1.96 bits per heavy atom. The Bertz CT molecular complexity index is 836. The van der Waals surface area contributed by atoms with E-state index in [1.54, 1.807) is 7.11 Å². The predicted molar refractivity (Wildman–Crippen MR) is 90.5 cm³/mol. The highest BCUT2D eigenvalue weighted by Gasteiger charge is 2.12. The van der Waals surface area contributed by atoms with Crippen LogP contribution in [0.15, 0.2) is 42.7 Å². The molecule has 2 aromatic carbocycles. The lowest BCUT2D eigenvalue weighted by Crippen LogP contribution is -2.11. The van der Waals surface area contributed by atoms with Crippen LogP contribution in [0.3, 0.4) is 0 Å². The molecule has 4 N–H and O–H groups in total. The highest BCUT2D eigenvalue weighted by molar-refractivity contribution is 5.94. The van der Waals surface area contributed by atoms with Gasteiger partial charge in [-0.25, -0.2) is 9.97 Å². The zero-order valence-electron chi connectivity index (χ0n) is 12.8. The first-order valence-corrected chi connectivity index (χ1v) is 7.24. The molecule has 0 aliphatic heterocycles. The van der Waals surface area contributed by atoms with Crippen molar-refractivity contribution in [3.05, 3.63) is 42.7 Å². The summed E-state index contributed by atoms with van der Waals surface area (Å²) in [6.07, 6.45) is 1.53. The van der Waals surface area contributed by atoms with E-state index in [1.165, 1.54) is 6.33 Å². The van der Waals surface area contributed by atoms with Crippen molar-refractivity contribution in [1.82, 2.24) is 9.97 Å². The smallest absolute Gasteiger partial charge is 0.162 e. The van der Waals surface area contributed by atoms with E-state index in [1.807, 2.05) is 36.4 Å². The van der Waals surface area contributed by atoms with Crippen molar-refractivity contribution >= 4 is 16.6 Å². The fourth-order valence-electron chi connectivity index (χ4n) is 2.42. The predicted octanol–water partition coefficient (Wildman–Crippen LogP) is 2.23. The molecule has 0 saturated heterocycles. The van der Waals surface area contributed by atoms with E-state index in [-0.39, 0.29) is 0 Å². The molecule has 0 radical (unpaired) electrons. The summed E-state index contributed by atoms with van der Waals surface area (Å²) in [7, 11) is 1.59. The van der Waals surface area contributed by atoms with E-state index in [2.05, 4.69) is 9.97 Å². The summed E-state index contributed by atoms with van der Waals surface area (Å²) in [5.74, 6) is 1.23. The number of hydrogen-bond acceptors (Lipinski definition) is 6. The van der Waals surface area contributed by atoms with Gasteiger partial charge in [0.1, 0.15) is 12.9 Å². The minimum absolute atomic E-state index is 0.406. The second kappa shape index (κ2) is 6.50. The SMILES string of the molecule is COc1cc2ncnc(-c3cccc(N)c3)c2cc1OCCN. The molecule has 23 heavy (non-hydrogen) atoms. The number of ether oxygens (including phenoxy) is 2. The van der Waals surface area contributed by atoms with Crippen molar-refractivity contribution in [3.8, 4) is 22.8 Å². The topological polar surface area (TPSA) is 96.3 Å². The number of fused-ring (bicyclic) bond motifs is 1. The highest BCUT2D eigenvalue weighted by atomic mass is 16.5. The highest BCUT2D eigenvalue weighted by Crippen LogP contribution is 2.35. The monoisotopic (exact) mass is 310 g/mol. The molecule has 0 aliphatic carbocycles. The number of aromatic nitrogens is 2. The van der Waals surface area contributed by atoms with Crippen molar-refractivity contribution in [3.63, 3.8) is 0 Å². The lowest BCUT2D eigenvalue weighted by molar-refractivity contribution is 0.303. The molecule has 6 heteroatoms. The lowest BCUT2D eigenvalue weighted by Gasteiger charge is -2.13. The van der Waals surface area contributed by atoms with Gasteiger partial charge in [-0.15, -0.1) is 0 Å². The Kier molecular flexibility index (Phi) is 4.25. The van der Waals surface area contributed by atoms with E-state index < -0.39 is 0 Å². The van der Waals surface area contributed by atoms with Gasteiger partial charge in [0.05, 0.1) is 18.3 Å². The minimum atomic E-state index is 0.406. The Hall–Kier alpha value is -2.86. The van der Waals surface area contributed by atoms with E-state index in [0.717, 1.165) is 22.2 Å². The van der Waals surface area contributed by atoms with E-state index in [0.29, 0.717) is 30.3 Å². The van der Waals surface area contributed by atoms with E-state index in [9.17, 15) is 0 Å². The van der Waals surface area contributed by atoms with Crippen LogP contribution >= 0.6 is 0 Å². The van der Waals surface area contributed by atoms with Crippen LogP contribution in [0.4, 0.5) is 5.69 Å². The zero-order chi connectivity index (χ0) is 16.2. The first-order valence-electron chi connectivity index (χ1n) is 7.24. The number of benzene rings is 2. The Labute approximate surface area is 134 Å². The second-order valence-corrected chi connectivity index (χ2v) is 5.01. The molecule has 0 spiro atoms. The van der Waals surface area contributed by atoms with Crippen molar-refractivity contribution in [2.24, 2.45) is 5.73 Å². The molecule has 0 amide bonds. The number of nitrogen functional groups attached to an aromatic ring is 1. The largest absolute Gasteiger partial charge is 0.493 e. The van der Waals surface area contributed by atoms with Crippen LogP contribution in [0.2, 0.25) is 0 Å². The van der Waals surface area contributed by atoms with Crippen LogP contribution < -0.4 is 20.9 Å². The first-order chi connectivity index (χ1) is 11.2. The van der Waals surface area contributed by atoms with E-state index in [4.69, 9.17) is 20.9 Å².